The van der Waals surface area contributed by atoms with Crippen molar-refractivity contribution in [1.82, 2.24) is 10.6 Å². The molecule has 0 radical (unpaired) electrons. The van der Waals surface area contributed by atoms with Crippen molar-refractivity contribution >= 4 is 12.0 Å². The Balaban J connectivity index is 1.66. The minimum Gasteiger partial charge on any atom is -0.481 e. The number of carboxylic acid groups (broad SMARTS) is 1. The van der Waals surface area contributed by atoms with Crippen LogP contribution in [0.25, 0.3) is 0 Å². The molecule has 1 aliphatic carbocycles. The number of hydrogen-bond acceptors (Lipinski definition) is 4. The van der Waals surface area contributed by atoms with Crippen LogP contribution in [-0.2, 0) is 14.3 Å². The topological polar surface area (TPSA) is 96.9 Å². The Kier molecular flexibility index (Phi) is 6.25. The number of carbonyl (C=O) groups is 2. The van der Waals surface area contributed by atoms with Crippen LogP contribution in [0, 0.1) is 11.8 Å². The molecular formula is C14H24N2O5. The number of nitrogens with one attached hydrogen (secondary N) is 2. The monoisotopic (exact) mass is 300 g/mol. The average molecular weight is 300 g/mol. The van der Waals surface area contributed by atoms with E-state index >= 15 is 0 Å². The smallest absolute Gasteiger partial charge is 0.314 e. The predicted molar refractivity (Wildman–Crippen MR) is 75.0 cm³/mol. The number of urea groups is 1. The molecule has 3 unspecified atom stereocenters. The molecule has 2 aliphatic rings. The van der Waals surface area contributed by atoms with E-state index in [4.69, 9.17) is 9.47 Å². The zero-order valence-corrected chi connectivity index (χ0v) is 12.2. The molecule has 7 heteroatoms. The van der Waals surface area contributed by atoms with Crippen molar-refractivity contribution in [1.29, 1.82) is 0 Å². The summed E-state index contributed by atoms with van der Waals surface area (Å²) in [6.45, 7) is 2.45. The van der Waals surface area contributed by atoms with Gasteiger partial charge in [0.05, 0.1) is 31.8 Å². The van der Waals surface area contributed by atoms with E-state index in [-0.39, 0.29) is 24.0 Å². The Morgan fingerprint density at radius 2 is 1.86 bits per heavy atom. The SMILES string of the molecule is O=C(NCC1COCCO1)NCC1CCCCC1C(=O)O. The highest BCUT2D eigenvalue weighted by Crippen LogP contribution is 2.29. The fourth-order valence-corrected chi connectivity index (χ4v) is 2.92. The molecule has 3 atom stereocenters. The van der Waals surface area contributed by atoms with Crippen LogP contribution in [0.2, 0.25) is 0 Å². The molecule has 0 spiro atoms. The van der Waals surface area contributed by atoms with E-state index < -0.39 is 5.97 Å². The first-order valence-corrected chi connectivity index (χ1v) is 7.60. The van der Waals surface area contributed by atoms with Crippen molar-refractivity contribution in [2.45, 2.75) is 31.8 Å². The first-order valence-electron chi connectivity index (χ1n) is 7.60. The van der Waals surface area contributed by atoms with E-state index in [0.717, 1.165) is 19.3 Å². The standard InChI is InChI=1S/C14H24N2O5/c17-13(18)12-4-2-1-3-10(12)7-15-14(19)16-8-11-9-20-5-6-21-11/h10-12H,1-9H2,(H,17,18)(H2,15,16,19). The highest BCUT2D eigenvalue weighted by molar-refractivity contribution is 5.74. The summed E-state index contributed by atoms with van der Waals surface area (Å²) >= 11 is 0. The number of amides is 2. The lowest BCUT2D eigenvalue weighted by Gasteiger charge is -2.28. The lowest BCUT2D eigenvalue weighted by molar-refractivity contribution is -0.144. The molecule has 120 valence electrons. The Hall–Kier alpha value is -1.34. The molecule has 1 saturated heterocycles. The number of carbonyl (C=O) groups excluding carboxylic acids is 1. The van der Waals surface area contributed by atoms with Gasteiger partial charge in [-0.25, -0.2) is 4.79 Å². The van der Waals surface area contributed by atoms with Gasteiger partial charge in [0.15, 0.2) is 0 Å². The lowest BCUT2D eigenvalue weighted by atomic mass is 9.79. The van der Waals surface area contributed by atoms with Crippen LogP contribution in [0.4, 0.5) is 4.79 Å². The molecule has 2 fully saturated rings. The van der Waals surface area contributed by atoms with Gasteiger partial charge in [0.25, 0.3) is 0 Å². The van der Waals surface area contributed by atoms with Crippen molar-refractivity contribution in [2.75, 3.05) is 32.9 Å². The number of ether oxygens (including phenoxy) is 2. The summed E-state index contributed by atoms with van der Waals surface area (Å²) in [5, 5.41) is 14.7. The Bertz CT molecular complexity index is 357. The number of carboxylic acids is 1. The molecule has 2 amide bonds. The van der Waals surface area contributed by atoms with E-state index in [1.54, 1.807) is 0 Å². The predicted octanol–water partition coefficient (Wildman–Crippen LogP) is 0.592. The molecule has 0 aromatic carbocycles. The van der Waals surface area contributed by atoms with Crippen molar-refractivity contribution in [3.8, 4) is 0 Å². The van der Waals surface area contributed by atoms with Gasteiger partial charge in [-0.2, -0.15) is 0 Å². The second-order valence-electron chi connectivity index (χ2n) is 5.65. The minimum atomic E-state index is -0.755. The van der Waals surface area contributed by atoms with Gasteiger partial charge < -0.3 is 25.2 Å². The second-order valence-corrected chi connectivity index (χ2v) is 5.65. The summed E-state index contributed by atoms with van der Waals surface area (Å²) in [5.41, 5.74) is 0. The van der Waals surface area contributed by atoms with Crippen LogP contribution in [0.15, 0.2) is 0 Å². The number of rotatable bonds is 5. The van der Waals surface area contributed by atoms with Gasteiger partial charge in [0.2, 0.25) is 0 Å². The summed E-state index contributed by atoms with van der Waals surface area (Å²) < 4.78 is 10.7. The van der Waals surface area contributed by atoms with Crippen LogP contribution in [-0.4, -0.2) is 56.1 Å². The fraction of sp³-hybridized carbons (Fsp3) is 0.857. The van der Waals surface area contributed by atoms with Gasteiger partial charge >= 0.3 is 12.0 Å². The first kappa shape index (κ1) is 16.0. The number of hydrogen-bond donors (Lipinski definition) is 3. The largest absolute Gasteiger partial charge is 0.481 e. The van der Waals surface area contributed by atoms with Crippen molar-refractivity contribution in [3.05, 3.63) is 0 Å². The van der Waals surface area contributed by atoms with Gasteiger partial charge in [-0.3, -0.25) is 4.79 Å². The zero-order chi connectivity index (χ0) is 15.1. The molecule has 21 heavy (non-hydrogen) atoms. The molecule has 0 aromatic rings. The molecule has 0 aromatic heterocycles. The molecule has 1 saturated carbocycles. The second kappa shape index (κ2) is 8.19. The summed E-state index contributed by atoms with van der Waals surface area (Å²) in [4.78, 5) is 22.9. The molecule has 3 N–H and O–H groups in total. The van der Waals surface area contributed by atoms with Crippen LogP contribution in [0.5, 0.6) is 0 Å². The van der Waals surface area contributed by atoms with Crippen LogP contribution >= 0.6 is 0 Å². The van der Waals surface area contributed by atoms with E-state index in [0.29, 0.717) is 39.3 Å². The van der Waals surface area contributed by atoms with Gasteiger partial charge in [-0.1, -0.05) is 12.8 Å². The van der Waals surface area contributed by atoms with Gasteiger partial charge in [0.1, 0.15) is 0 Å². The molecule has 7 nitrogen and oxygen atoms in total. The third-order valence-electron chi connectivity index (χ3n) is 4.13. The van der Waals surface area contributed by atoms with E-state index in [9.17, 15) is 14.7 Å². The zero-order valence-electron chi connectivity index (χ0n) is 12.2. The Morgan fingerprint density at radius 3 is 2.57 bits per heavy atom. The maximum Gasteiger partial charge on any atom is 0.314 e. The van der Waals surface area contributed by atoms with Gasteiger partial charge in [0, 0.05) is 13.1 Å². The number of aliphatic carboxylic acids is 1. The van der Waals surface area contributed by atoms with Gasteiger partial charge in [-0.15, -0.1) is 0 Å². The molecule has 1 heterocycles. The lowest BCUT2D eigenvalue weighted by Crippen LogP contribution is -2.46. The molecule has 1 aliphatic heterocycles. The van der Waals surface area contributed by atoms with E-state index in [1.807, 2.05) is 0 Å². The summed E-state index contributed by atoms with van der Waals surface area (Å²) in [6.07, 6.45) is 3.45. The maximum atomic E-state index is 11.7. The maximum absolute atomic E-state index is 11.7. The molecule has 0 bridgehead atoms. The van der Waals surface area contributed by atoms with Crippen molar-refractivity contribution in [2.24, 2.45) is 11.8 Å². The first-order chi connectivity index (χ1) is 10.2. The van der Waals surface area contributed by atoms with Crippen LogP contribution in [0.3, 0.4) is 0 Å². The average Bonchev–Trinajstić information content (AvgIpc) is 2.52. The quantitative estimate of drug-likeness (QED) is 0.690. The molecular weight excluding hydrogens is 276 g/mol. The van der Waals surface area contributed by atoms with Crippen LogP contribution in [0.1, 0.15) is 25.7 Å². The highest BCUT2D eigenvalue weighted by Gasteiger charge is 2.30. The highest BCUT2D eigenvalue weighted by atomic mass is 16.6. The molecule has 2 rings (SSSR count). The fourth-order valence-electron chi connectivity index (χ4n) is 2.92. The van der Waals surface area contributed by atoms with Crippen molar-refractivity contribution in [3.63, 3.8) is 0 Å². The Morgan fingerprint density at radius 1 is 1.10 bits per heavy atom. The van der Waals surface area contributed by atoms with Gasteiger partial charge in [-0.05, 0) is 18.8 Å². The van der Waals surface area contributed by atoms with E-state index in [1.165, 1.54) is 0 Å². The normalized spacial score (nSPS) is 29.6. The Labute approximate surface area is 124 Å². The third kappa shape index (κ3) is 5.17. The van der Waals surface area contributed by atoms with Crippen molar-refractivity contribution < 1.29 is 24.2 Å². The summed E-state index contributed by atoms with van der Waals surface area (Å²) in [5.74, 6) is -1.07. The summed E-state index contributed by atoms with van der Waals surface area (Å²) in [7, 11) is 0. The van der Waals surface area contributed by atoms with E-state index in [2.05, 4.69) is 10.6 Å². The summed E-state index contributed by atoms with van der Waals surface area (Å²) in [6, 6.07) is -0.279. The van der Waals surface area contributed by atoms with Crippen LogP contribution < -0.4 is 10.6 Å². The third-order valence-corrected chi connectivity index (χ3v) is 4.13. The minimum absolute atomic E-state index is 0.0243.